The van der Waals surface area contributed by atoms with Crippen molar-refractivity contribution in [2.24, 2.45) is 5.41 Å². The van der Waals surface area contributed by atoms with E-state index in [0.717, 1.165) is 16.8 Å². The summed E-state index contributed by atoms with van der Waals surface area (Å²) in [5.74, 6) is 0.362. The second-order valence-corrected chi connectivity index (χ2v) is 14.5. The van der Waals surface area contributed by atoms with Gasteiger partial charge >= 0.3 is 6.09 Å². The molecular weight excluding hydrogens is 683 g/mol. The summed E-state index contributed by atoms with van der Waals surface area (Å²) in [5.41, 5.74) is 4.80. The van der Waals surface area contributed by atoms with Crippen LogP contribution in [0.15, 0.2) is 112 Å². The van der Waals surface area contributed by atoms with Crippen LogP contribution in [-0.4, -0.2) is 74.9 Å². The summed E-state index contributed by atoms with van der Waals surface area (Å²) in [4.78, 5) is 65.5. The Bertz CT molecular complexity index is 2250. The van der Waals surface area contributed by atoms with Crippen molar-refractivity contribution in [3.05, 3.63) is 131 Å². The topological polar surface area (TPSA) is 127 Å². The molecule has 0 unspecified atom stereocenters. The lowest BCUT2D eigenvalue weighted by atomic mass is 9.72. The van der Waals surface area contributed by atoms with Crippen LogP contribution in [0, 0.1) is 5.41 Å². The number of hydrogen-bond acceptors (Lipinski definition) is 8. The molecule has 11 nitrogen and oxygen atoms in total. The quantitative estimate of drug-likeness (QED) is 0.116. The lowest BCUT2D eigenvalue weighted by Crippen LogP contribution is -2.37. The number of benzene rings is 2. The maximum atomic E-state index is 13.7. The van der Waals surface area contributed by atoms with Crippen LogP contribution in [-0.2, 0) is 27.2 Å². The van der Waals surface area contributed by atoms with Crippen molar-refractivity contribution < 1.29 is 28.3 Å². The van der Waals surface area contributed by atoms with Crippen LogP contribution in [0.2, 0.25) is 0 Å². The number of Topliss-reactive ketones (excluding diaryl/α,β-unsaturated/α-hetero) is 1. The Morgan fingerprint density at radius 1 is 0.852 bits per heavy atom. The first-order valence-corrected chi connectivity index (χ1v) is 18.0. The van der Waals surface area contributed by atoms with E-state index in [1.54, 1.807) is 49.6 Å². The molecule has 0 radical (unpaired) electrons. The summed E-state index contributed by atoms with van der Waals surface area (Å²) >= 11 is 0. The number of hydrogen-bond donors (Lipinski definition) is 0. The minimum Gasteiger partial charge on any atom is -0.469 e. The maximum Gasteiger partial charge on any atom is 0.416 e. The van der Waals surface area contributed by atoms with Gasteiger partial charge in [0.25, 0.3) is 0 Å². The van der Waals surface area contributed by atoms with E-state index in [0.29, 0.717) is 71.9 Å². The van der Waals surface area contributed by atoms with Crippen LogP contribution in [0.25, 0.3) is 16.9 Å². The van der Waals surface area contributed by atoms with Crippen molar-refractivity contribution in [3.8, 4) is 17.1 Å². The van der Waals surface area contributed by atoms with Gasteiger partial charge < -0.3 is 19.0 Å². The Morgan fingerprint density at radius 2 is 1.54 bits per heavy atom. The molecule has 2 amide bonds. The van der Waals surface area contributed by atoms with E-state index in [-0.39, 0.29) is 29.8 Å². The van der Waals surface area contributed by atoms with Gasteiger partial charge in [-0.15, -0.1) is 0 Å². The second kappa shape index (κ2) is 15.9. The number of allylic oxidation sites excluding steroid dienone is 4. The monoisotopic (exact) mass is 727 g/mol. The van der Waals surface area contributed by atoms with E-state index in [1.807, 2.05) is 86.8 Å². The number of aromatic nitrogens is 3. The van der Waals surface area contributed by atoms with Gasteiger partial charge in [-0.05, 0) is 44.0 Å². The smallest absolute Gasteiger partial charge is 0.416 e. The zero-order valence-electron chi connectivity index (χ0n) is 31.6. The highest BCUT2D eigenvalue weighted by Gasteiger charge is 2.37. The first-order valence-electron chi connectivity index (χ1n) is 18.0. The van der Waals surface area contributed by atoms with E-state index >= 15 is 0 Å². The zero-order chi connectivity index (χ0) is 38.6. The Kier molecular flexibility index (Phi) is 11.1. The van der Waals surface area contributed by atoms with E-state index in [9.17, 15) is 19.2 Å². The molecule has 0 saturated heterocycles. The van der Waals surface area contributed by atoms with E-state index in [4.69, 9.17) is 19.1 Å². The summed E-state index contributed by atoms with van der Waals surface area (Å²) in [6.45, 7) is 7.56. The number of imidazole rings is 1. The predicted octanol–water partition coefficient (Wildman–Crippen LogP) is 7.28. The molecule has 0 spiro atoms. The maximum absolute atomic E-state index is 13.7. The number of carbonyl (C=O) groups excluding carboxylic acids is 4. The molecule has 5 aromatic rings. The van der Waals surface area contributed by atoms with Crippen LogP contribution < -0.4 is 4.74 Å². The number of ether oxygens (including phenoxy) is 1. The van der Waals surface area contributed by atoms with E-state index in [1.165, 1.54) is 11.0 Å². The second-order valence-electron chi connectivity index (χ2n) is 14.5. The highest BCUT2D eigenvalue weighted by molar-refractivity contribution is 6.22. The third-order valence-corrected chi connectivity index (χ3v) is 9.76. The Balaban J connectivity index is 1.19. The molecule has 278 valence electrons. The average Bonchev–Trinajstić information content (AvgIpc) is 3.79. The Morgan fingerprint density at radius 3 is 2.22 bits per heavy atom. The van der Waals surface area contributed by atoms with Gasteiger partial charge in [0.1, 0.15) is 11.5 Å². The van der Waals surface area contributed by atoms with Crippen molar-refractivity contribution in [1.29, 1.82) is 0 Å². The van der Waals surface area contributed by atoms with Gasteiger partial charge in [-0.25, -0.2) is 14.8 Å². The molecule has 2 aromatic carbocycles. The average molecular weight is 728 g/mol. The van der Waals surface area contributed by atoms with Gasteiger partial charge in [0.15, 0.2) is 17.2 Å². The molecule has 0 atom stereocenters. The molecule has 3 heterocycles. The summed E-state index contributed by atoms with van der Waals surface area (Å²) in [7, 11) is 3.35. The highest BCUT2D eigenvalue weighted by atomic mass is 16.6. The Labute approximate surface area is 315 Å². The molecule has 1 aliphatic carbocycles. The molecule has 3 aromatic heterocycles. The fraction of sp³-hybridized carbons (Fsp3) is 0.302. The predicted molar refractivity (Wildman–Crippen MR) is 205 cm³/mol. The zero-order valence-corrected chi connectivity index (χ0v) is 31.6. The fourth-order valence-electron chi connectivity index (χ4n) is 6.79. The standard InChI is InChI=1S/C43H45N5O6/c1-28-23-36(49)29(2)38(39(28)51)43(3,4)26-37(50)46(5)20-14-21-47(6)42(52)54-41-34(25-32-19-13-22-53-32)45-40-33(24-30-15-9-7-10-16-30)44-35(27-48(40)41)31-17-11-8-12-18-31/h7-13,15-19,22-23,27H,14,20-21,24-26H2,1-6H3. The van der Waals surface area contributed by atoms with Crippen LogP contribution in [0.1, 0.15) is 63.2 Å². The van der Waals surface area contributed by atoms with Crippen molar-refractivity contribution in [3.63, 3.8) is 0 Å². The normalized spacial score (nSPS) is 13.3. The molecule has 1 aliphatic rings. The number of fused-ring (bicyclic) bond motifs is 1. The first-order chi connectivity index (χ1) is 25.8. The third-order valence-electron chi connectivity index (χ3n) is 9.76. The van der Waals surface area contributed by atoms with Gasteiger partial charge in [-0.1, -0.05) is 74.5 Å². The number of ketones is 2. The molecule has 0 aliphatic heterocycles. The van der Waals surface area contributed by atoms with Crippen LogP contribution in [0.3, 0.4) is 0 Å². The van der Waals surface area contributed by atoms with E-state index in [2.05, 4.69) is 0 Å². The van der Waals surface area contributed by atoms with Crippen molar-refractivity contribution >= 4 is 29.2 Å². The van der Waals surface area contributed by atoms with Crippen LogP contribution in [0.4, 0.5) is 4.79 Å². The summed E-state index contributed by atoms with van der Waals surface area (Å²) in [6, 6.07) is 23.5. The molecular formula is C43H45N5O6. The highest BCUT2D eigenvalue weighted by Crippen LogP contribution is 2.37. The lowest BCUT2D eigenvalue weighted by Gasteiger charge is -2.32. The van der Waals surface area contributed by atoms with Gasteiger partial charge in [0, 0.05) is 73.9 Å². The fourth-order valence-corrected chi connectivity index (χ4v) is 6.79. The first kappa shape index (κ1) is 37.7. The van der Waals surface area contributed by atoms with Crippen LogP contribution in [0.5, 0.6) is 5.88 Å². The molecule has 0 fully saturated rings. The third kappa shape index (κ3) is 8.25. The largest absolute Gasteiger partial charge is 0.469 e. The molecule has 0 N–H and O–H groups in total. The summed E-state index contributed by atoms with van der Waals surface area (Å²) in [6.07, 6.45) is 5.55. The van der Waals surface area contributed by atoms with Gasteiger partial charge in [-0.3, -0.25) is 18.8 Å². The Hall–Kier alpha value is -6.10. The minimum atomic E-state index is -0.837. The molecule has 11 heteroatoms. The van der Waals surface area contributed by atoms with Crippen molar-refractivity contribution in [1.82, 2.24) is 24.2 Å². The van der Waals surface area contributed by atoms with Crippen molar-refractivity contribution in [2.45, 2.75) is 53.4 Å². The molecule has 54 heavy (non-hydrogen) atoms. The number of furan rings is 1. The van der Waals surface area contributed by atoms with Gasteiger partial charge in [0.05, 0.1) is 24.1 Å². The lowest BCUT2D eigenvalue weighted by molar-refractivity contribution is -0.131. The molecule has 6 rings (SSSR count). The van der Waals surface area contributed by atoms with E-state index < -0.39 is 11.5 Å². The number of rotatable bonds is 13. The number of carbonyl (C=O) groups is 4. The number of amides is 2. The number of nitrogens with zero attached hydrogens (tertiary/aromatic N) is 5. The van der Waals surface area contributed by atoms with Gasteiger partial charge in [-0.2, -0.15) is 0 Å². The van der Waals surface area contributed by atoms with Crippen LogP contribution >= 0.6 is 0 Å². The minimum absolute atomic E-state index is 0.0547. The molecule has 0 bridgehead atoms. The van der Waals surface area contributed by atoms with Gasteiger partial charge in [0.2, 0.25) is 11.8 Å². The van der Waals surface area contributed by atoms with Crippen molar-refractivity contribution in [2.75, 3.05) is 27.2 Å². The SMILES string of the molecule is CC1=CC(=O)C(C)=C(C(C)(C)CC(=O)N(C)CCCN(C)C(=O)Oc2c(Cc3ccco3)nc3c(Cc4ccccc4)nc(-c4ccccc4)cn23)C1=O. The molecule has 0 saturated carbocycles. The summed E-state index contributed by atoms with van der Waals surface area (Å²) in [5, 5.41) is 0. The summed E-state index contributed by atoms with van der Waals surface area (Å²) < 4.78 is 13.6.